The number of carboxylic acids is 1. The summed E-state index contributed by atoms with van der Waals surface area (Å²) >= 11 is 1.00. The SMILES string of the molecule is CC1(C)Cc2cc(C(=O)O)sc2-c2c(F)ccc(F)c21. The van der Waals surface area contributed by atoms with Crippen molar-refractivity contribution in [1.29, 1.82) is 0 Å². The number of hydrogen-bond acceptors (Lipinski definition) is 2. The van der Waals surface area contributed by atoms with Crippen LogP contribution in [0.3, 0.4) is 0 Å². The summed E-state index contributed by atoms with van der Waals surface area (Å²) < 4.78 is 28.3. The molecule has 0 radical (unpaired) electrons. The molecule has 1 aromatic carbocycles. The maximum atomic E-state index is 14.2. The van der Waals surface area contributed by atoms with E-state index in [-0.39, 0.29) is 10.4 Å². The monoisotopic (exact) mass is 294 g/mol. The molecule has 3 rings (SSSR count). The Morgan fingerprint density at radius 2 is 1.95 bits per heavy atom. The lowest BCUT2D eigenvalue weighted by Crippen LogP contribution is -2.27. The smallest absolute Gasteiger partial charge is 0.345 e. The van der Waals surface area contributed by atoms with Crippen molar-refractivity contribution in [2.75, 3.05) is 0 Å². The van der Waals surface area contributed by atoms with Crippen molar-refractivity contribution in [3.63, 3.8) is 0 Å². The molecule has 20 heavy (non-hydrogen) atoms. The molecular weight excluding hydrogens is 282 g/mol. The number of rotatable bonds is 1. The summed E-state index contributed by atoms with van der Waals surface area (Å²) in [4.78, 5) is 11.8. The van der Waals surface area contributed by atoms with Crippen molar-refractivity contribution in [2.45, 2.75) is 25.7 Å². The molecule has 104 valence electrons. The molecular formula is C15H12F2O2S. The van der Waals surface area contributed by atoms with E-state index in [0.717, 1.165) is 29.0 Å². The molecule has 2 nitrogen and oxygen atoms in total. The van der Waals surface area contributed by atoms with Gasteiger partial charge in [-0.15, -0.1) is 11.3 Å². The first-order valence-corrected chi connectivity index (χ1v) is 6.98. The van der Waals surface area contributed by atoms with Gasteiger partial charge in [-0.2, -0.15) is 0 Å². The van der Waals surface area contributed by atoms with Gasteiger partial charge in [0.05, 0.1) is 0 Å². The van der Waals surface area contributed by atoms with Gasteiger partial charge in [0, 0.05) is 16.0 Å². The molecule has 1 heterocycles. The van der Waals surface area contributed by atoms with E-state index in [2.05, 4.69) is 0 Å². The lowest BCUT2D eigenvalue weighted by atomic mass is 9.72. The third kappa shape index (κ3) is 1.77. The summed E-state index contributed by atoms with van der Waals surface area (Å²) in [7, 11) is 0. The molecule has 1 aliphatic rings. The van der Waals surface area contributed by atoms with E-state index in [1.165, 1.54) is 0 Å². The van der Waals surface area contributed by atoms with Gasteiger partial charge in [-0.05, 0) is 35.6 Å². The van der Waals surface area contributed by atoms with Gasteiger partial charge < -0.3 is 5.11 Å². The van der Waals surface area contributed by atoms with Crippen LogP contribution in [0.1, 0.15) is 34.6 Å². The second kappa shape index (κ2) is 4.12. The van der Waals surface area contributed by atoms with Crippen LogP contribution in [0.25, 0.3) is 10.4 Å². The Bertz CT molecular complexity index is 732. The largest absolute Gasteiger partial charge is 0.477 e. The van der Waals surface area contributed by atoms with E-state index in [1.54, 1.807) is 6.07 Å². The number of hydrogen-bond donors (Lipinski definition) is 1. The normalized spacial score (nSPS) is 15.6. The average Bonchev–Trinajstić information content (AvgIpc) is 2.75. The van der Waals surface area contributed by atoms with Crippen LogP contribution < -0.4 is 0 Å². The highest BCUT2D eigenvalue weighted by Gasteiger charge is 2.37. The molecule has 1 N–H and O–H groups in total. The highest BCUT2D eigenvalue weighted by Crippen LogP contribution is 2.48. The third-order valence-electron chi connectivity index (χ3n) is 3.66. The fraction of sp³-hybridized carbons (Fsp3) is 0.267. The zero-order valence-electron chi connectivity index (χ0n) is 11.0. The van der Waals surface area contributed by atoms with Gasteiger partial charge in [-0.25, -0.2) is 13.6 Å². The van der Waals surface area contributed by atoms with Crippen molar-refractivity contribution >= 4 is 17.3 Å². The van der Waals surface area contributed by atoms with E-state index >= 15 is 0 Å². The maximum Gasteiger partial charge on any atom is 0.345 e. The summed E-state index contributed by atoms with van der Waals surface area (Å²) in [6, 6.07) is 3.80. The van der Waals surface area contributed by atoms with Gasteiger partial charge >= 0.3 is 5.97 Å². The molecule has 0 fully saturated rings. The summed E-state index contributed by atoms with van der Waals surface area (Å²) in [6.45, 7) is 3.69. The number of benzene rings is 1. The van der Waals surface area contributed by atoms with Crippen molar-refractivity contribution < 1.29 is 18.7 Å². The van der Waals surface area contributed by atoms with Crippen molar-refractivity contribution in [2.24, 2.45) is 0 Å². The summed E-state index contributed by atoms with van der Waals surface area (Å²) in [6.07, 6.45) is 0.499. The topological polar surface area (TPSA) is 37.3 Å². The molecule has 0 bridgehead atoms. The number of halogens is 2. The zero-order valence-corrected chi connectivity index (χ0v) is 11.8. The Hall–Kier alpha value is -1.75. The van der Waals surface area contributed by atoms with Crippen molar-refractivity contribution in [1.82, 2.24) is 0 Å². The Labute approximate surface area is 118 Å². The van der Waals surface area contributed by atoms with Crippen LogP contribution in [0.15, 0.2) is 18.2 Å². The van der Waals surface area contributed by atoms with E-state index < -0.39 is 23.0 Å². The number of aromatic carboxylic acids is 1. The van der Waals surface area contributed by atoms with E-state index in [1.807, 2.05) is 13.8 Å². The number of carboxylic acid groups (broad SMARTS) is 1. The third-order valence-corrected chi connectivity index (χ3v) is 4.84. The Kier molecular flexibility index (Phi) is 2.73. The molecule has 1 aromatic heterocycles. The fourth-order valence-corrected chi connectivity index (χ4v) is 3.95. The van der Waals surface area contributed by atoms with Gasteiger partial charge in [0.2, 0.25) is 0 Å². The minimum Gasteiger partial charge on any atom is -0.477 e. The van der Waals surface area contributed by atoms with Gasteiger partial charge in [-0.1, -0.05) is 13.8 Å². The van der Waals surface area contributed by atoms with Gasteiger partial charge in [0.25, 0.3) is 0 Å². The molecule has 0 amide bonds. The summed E-state index contributed by atoms with van der Waals surface area (Å²) in [5, 5.41) is 9.08. The highest BCUT2D eigenvalue weighted by molar-refractivity contribution is 7.17. The minimum absolute atomic E-state index is 0.155. The lowest BCUT2D eigenvalue weighted by Gasteiger charge is -2.32. The Morgan fingerprint density at radius 1 is 1.30 bits per heavy atom. The van der Waals surface area contributed by atoms with Gasteiger partial charge in [0.1, 0.15) is 16.5 Å². The summed E-state index contributed by atoms with van der Waals surface area (Å²) in [5.41, 5.74) is 0.762. The van der Waals surface area contributed by atoms with Crippen LogP contribution in [0.4, 0.5) is 8.78 Å². The van der Waals surface area contributed by atoms with Crippen molar-refractivity contribution in [3.05, 3.63) is 45.8 Å². The fourth-order valence-electron chi connectivity index (χ4n) is 2.88. The molecule has 1 aliphatic carbocycles. The number of carbonyl (C=O) groups is 1. The first kappa shape index (κ1) is 13.2. The molecule has 0 aliphatic heterocycles. The predicted molar refractivity (Wildman–Crippen MR) is 73.4 cm³/mol. The molecule has 2 aromatic rings. The lowest BCUT2D eigenvalue weighted by molar-refractivity contribution is 0.0702. The second-order valence-corrected chi connectivity index (χ2v) is 6.66. The van der Waals surface area contributed by atoms with Crippen LogP contribution in [-0.4, -0.2) is 11.1 Å². The van der Waals surface area contributed by atoms with Crippen LogP contribution in [0.2, 0.25) is 0 Å². The van der Waals surface area contributed by atoms with E-state index in [9.17, 15) is 13.6 Å². The molecule has 0 atom stereocenters. The first-order chi connectivity index (χ1) is 9.31. The molecule has 0 saturated carbocycles. The summed E-state index contributed by atoms with van der Waals surface area (Å²) in [5.74, 6) is -1.99. The van der Waals surface area contributed by atoms with Gasteiger partial charge in [0.15, 0.2) is 0 Å². The Balaban J connectivity index is 2.36. The van der Waals surface area contributed by atoms with Crippen LogP contribution in [-0.2, 0) is 11.8 Å². The highest BCUT2D eigenvalue weighted by atomic mass is 32.1. The predicted octanol–water partition coefficient (Wildman–Crippen LogP) is 4.23. The standard InChI is InChI=1S/C15H12F2O2S/c1-15(2)6-7-5-10(14(18)19)20-13(7)11-8(16)3-4-9(17)12(11)15/h3-5H,6H2,1-2H3,(H,18,19). The van der Waals surface area contributed by atoms with Crippen molar-refractivity contribution in [3.8, 4) is 10.4 Å². The number of thiophene rings is 1. The molecule has 5 heteroatoms. The number of fused-ring (bicyclic) bond motifs is 3. The van der Waals surface area contributed by atoms with E-state index in [4.69, 9.17) is 5.11 Å². The zero-order chi connectivity index (χ0) is 14.7. The quantitative estimate of drug-likeness (QED) is 0.854. The van der Waals surface area contributed by atoms with Crippen LogP contribution >= 0.6 is 11.3 Å². The first-order valence-electron chi connectivity index (χ1n) is 6.16. The van der Waals surface area contributed by atoms with Crippen LogP contribution in [0.5, 0.6) is 0 Å². The Morgan fingerprint density at radius 3 is 2.60 bits per heavy atom. The van der Waals surface area contributed by atoms with Crippen LogP contribution in [0, 0.1) is 11.6 Å². The molecule has 0 unspecified atom stereocenters. The minimum atomic E-state index is -1.04. The average molecular weight is 294 g/mol. The molecule has 0 spiro atoms. The maximum absolute atomic E-state index is 14.2. The van der Waals surface area contributed by atoms with Gasteiger partial charge in [-0.3, -0.25) is 0 Å². The second-order valence-electron chi connectivity index (χ2n) is 5.61. The van der Waals surface area contributed by atoms with E-state index in [0.29, 0.717) is 16.9 Å². The molecule has 0 saturated heterocycles.